The SMILES string of the molecule is CCOc1cccc(CNC(=O)Cc2ccccc2F)c1. The minimum atomic E-state index is -0.356. The van der Waals surface area contributed by atoms with Gasteiger partial charge in [0, 0.05) is 6.54 Å². The third-order valence-electron chi connectivity index (χ3n) is 3.01. The molecule has 0 aliphatic heterocycles. The fraction of sp³-hybridized carbons (Fsp3) is 0.235. The molecule has 0 saturated carbocycles. The summed E-state index contributed by atoms with van der Waals surface area (Å²) in [6.45, 7) is 2.92. The molecule has 21 heavy (non-hydrogen) atoms. The lowest BCUT2D eigenvalue weighted by atomic mass is 10.1. The first kappa shape index (κ1) is 15.0. The Kier molecular flexibility index (Phi) is 5.32. The number of hydrogen-bond donors (Lipinski definition) is 1. The van der Waals surface area contributed by atoms with E-state index in [9.17, 15) is 9.18 Å². The Morgan fingerprint density at radius 3 is 2.76 bits per heavy atom. The highest BCUT2D eigenvalue weighted by molar-refractivity contribution is 5.78. The summed E-state index contributed by atoms with van der Waals surface area (Å²) >= 11 is 0. The number of carbonyl (C=O) groups is 1. The van der Waals surface area contributed by atoms with Crippen molar-refractivity contribution in [3.05, 3.63) is 65.5 Å². The van der Waals surface area contributed by atoms with Gasteiger partial charge in [-0.3, -0.25) is 4.79 Å². The van der Waals surface area contributed by atoms with Gasteiger partial charge in [0.1, 0.15) is 11.6 Å². The normalized spacial score (nSPS) is 10.2. The second-order valence-corrected chi connectivity index (χ2v) is 4.63. The van der Waals surface area contributed by atoms with Gasteiger partial charge in [-0.05, 0) is 36.2 Å². The van der Waals surface area contributed by atoms with Crippen molar-refractivity contribution in [2.75, 3.05) is 6.61 Å². The topological polar surface area (TPSA) is 38.3 Å². The Bertz CT molecular complexity index is 613. The molecule has 0 heterocycles. The zero-order chi connectivity index (χ0) is 15.1. The zero-order valence-electron chi connectivity index (χ0n) is 11.9. The van der Waals surface area contributed by atoms with Gasteiger partial charge in [0.15, 0.2) is 0 Å². The maximum atomic E-state index is 13.5. The van der Waals surface area contributed by atoms with Crippen LogP contribution >= 0.6 is 0 Å². The van der Waals surface area contributed by atoms with Crippen LogP contribution in [-0.2, 0) is 17.8 Å². The molecule has 2 aromatic carbocycles. The molecule has 0 atom stereocenters. The fourth-order valence-electron chi connectivity index (χ4n) is 1.99. The van der Waals surface area contributed by atoms with E-state index >= 15 is 0 Å². The first-order valence-corrected chi connectivity index (χ1v) is 6.91. The maximum Gasteiger partial charge on any atom is 0.224 e. The van der Waals surface area contributed by atoms with Crippen LogP contribution in [-0.4, -0.2) is 12.5 Å². The highest BCUT2D eigenvalue weighted by Crippen LogP contribution is 2.13. The summed E-state index contributed by atoms with van der Waals surface area (Å²) in [4.78, 5) is 11.8. The van der Waals surface area contributed by atoms with E-state index in [0.717, 1.165) is 11.3 Å². The van der Waals surface area contributed by atoms with Gasteiger partial charge >= 0.3 is 0 Å². The molecule has 0 fully saturated rings. The lowest BCUT2D eigenvalue weighted by molar-refractivity contribution is -0.120. The van der Waals surface area contributed by atoms with Crippen LogP contribution in [0, 0.1) is 5.82 Å². The van der Waals surface area contributed by atoms with Crippen LogP contribution in [0.4, 0.5) is 4.39 Å². The molecule has 2 rings (SSSR count). The summed E-state index contributed by atoms with van der Waals surface area (Å²) < 4.78 is 18.9. The van der Waals surface area contributed by atoms with E-state index in [1.807, 2.05) is 31.2 Å². The minimum absolute atomic E-state index is 0.0395. The summed E-state index contributed by atoms with van der Waals surface area (Å²) in [5.41, 5.74) is 1.35. The molecule has 0 unspecified atom stereocenters. The van der Waals surface area contributed by atoms with Gasteiger partial charge in [0.05, 0.1) is 13.0 Å². The fourth-order valence-corrected chi connectivity index (χ4v) is 1.99. The monoisotopic (exact) mass is 287 g/mol. The van der Waals surface area contributed by atoms with Gasteiger partial charge in [-0.1, -0.05) is 30.3 Å². The standard InChI is InChI=1S/C17H18FNO2/c1-2-21-15-8-5-6-13(10-15)12-19-17(20)11-14-7-3-4-9-16(14)18/h3-10H,2,11-12H2,1H3,(H,19,20). The molecule has 0 aliphatic carbocycles. The zero-order valence-corrected chi connectivity index (χ0v) is 11.9. The van der Waals surface area contributed by atoms with Crippen LogP contribution in [0.2, 0.25) is 0 Å². The predicted octanol–water partition coefficient (Wildman–Crippen LogP) is 3.08. The van der Waals surface area contributed by atoms with Gasteiger partial charge in [0.2, 0.25) is 5.91 Å². The van der Waals surface area contributed by atoms with E-state index in [-0.39, 0.29) is 18.1 Å². The number of rotatable bonds is 6. The molecular weight excluding hydrogens is 269 g/mol. The molecule has 0 bridgehead atoms. The van der Waals surface area contributed by atoms with Crippen LogP contribution in [0.25, 0.3) is 0 Å². The summed E-state index contributed by atoms with van der Waals surface area (Å²) in [5, 5.41) is 2.78. The van der Waals surface area contributed by atoms with Gasteiger partial charge in [0.25, 0.3) is 0 Å². The van der Waals surface area contributed by atoms with Gasteiger partial charge in [-0.15, -0.1) is 0 Å². The van der Waals surface area contributed by atoms with Crippen molar-refractivity contribution < 1.29 is 13.9 Å². The highest BCUT2D eigenvalue weighted by atomic mass is 19.1. The molecule has 2 aromatic rings. The molecule has 0 radical (unpaired) electrons. The third kappa shape index (κ3) is 4.60. The minimum Gasteiger partial charge on any atom is -0.494 e. The quantitative estimate of drug-likeness (QED) is 0.886. The van der Waals surface area contributed by atoms with Crippen LogP contribution in [0.15, 0.2) is 48.5 Å². The van der Waals surface area contributed by atoms with Crippen molar-refractivity contribution in [2.45, 2.75) is 19.9 Å². The Morgan fingerprint density at radius 2 is 2.00 bits per heavy atom. The number of benzene rings is 2. The Hall–Kier alpha value is -2.36. The van der Waals surface area contributed by atoms with Crippen molar-refractivity contribution in [3.63, 3.8) is 0 Å². The number of carbonyl (C=O) groups excluding carboxylic acids is 1. The van der Waals surface area contributed by atoms with Crippen LogP contribution in [0.5, 0.6) is 5.75 Å². The predicted molar refractivity (Wildman–Crippen MR) is 79.6 cm³/mol. The summed E-state index contributed by atoms with van der Waals surface area (Å²) in [5.74, 6) is 0.214. The van der Waals surface area contributed by atoms with E-state index in [2.05, 4.69) is 5.32 Å². The molecule has 0 spiro atoms. The number of hydrogen-bond acceptors (Lipinski definition) is 2. The molecular formula is C17H18FNO2. The van der Waals surface area contributed by atoms with Crippen molar-refractivity contribution in [1.82, 2.24) is 5.32 Å². The molecule has 3 nitrogen and oxygen atoms in total. The highest BCUT2D eigenvalue weighted by Gasteiger charge is 2.07. The molecule has 1 N–H and O–H groups in total. The van der Waals surface area contributed by atoms with E-state index in [0.29, 0.717) is 18.7 Å². The average molecular weight is 287 g/mol. The number of amides is 1. The molecule has 0 saturated heterocycles. The van der Waals surface area contributed by atoms with Crippen molar-refractivity contribution in [2.24, 2.45) is 0 Å². The van der Waals surface area contributed by atoms with E-state index < -0.39 is 0 Å². The smallest absolute Gasteiger partial charge is 0.224 e. The Labute approximate surface area is 123 Å². The van der Waals surface area contributed by atoms with Gasteiger partial charge in [-0.2, -0.15) is 0 Å². The first-order chi connectivity index (χ1) is 10.2. The molecule has 0 aliphatic rings. The lowest BCUT2D eigenvalue weighted by Crippen LogP contribution is -2.24. The Balaban J connectivity index is 1.89. The number of ether oxygens (including phenoxy) is 1. The molecule has 0 aromatic heterocycles. The Morgan fingerprint density at radius 1 is 1.19 bits per heavy atom. The number of halogens is 1. The van der Waals surface area contributed by atoms with E-state index in [1.54, 1.807) is 18.2 Å². The molecule has 4 heteroatoms. The third-order valence-corrected chi connectivity index (χ3v) is 3.01. The van der Waals surface area contributed by atoms with Gasteiger partial charge in [-0.25, -0.2) is 4.39 Å². The van der Waals surface area contributed by atoms with Gasteiger partial charge < -0.3 is 10.1 Å². The maximum absolute atomic E-state index is 13.5. The van der Waals surface area contributed by atoms with Crippen molar-refractivity contribution in [3.8, 4) is 5.75 Å². The average Bonchev–Trinajstić information content (AvgIpc) is 2.48. The van der Waals surface area contributed by atoms with Crippen LogP contribution in [0.1, 0.15) is 18.1 Å². The first-order valence-electron chi connectivity index (χ1n) is 6.91. The molecule has 1 amide bonds. The lowest BCUT2D eigenvalue weighted by Gasteiger charge is -2.08. The van der Waals surface area contributed by atoms with Crippen molar-refractivity contribution >= 4 is 5.91 Å². The second kappa shape index (κ2) is 7.43. The van der Waals surface area contributed by atoms with Crippen LogP contribution < -0.4 is 10.1 Å². The van der Waals surface area contributed by atoms with E-state index in [4.69, 9.17) is 4.74 Å². The molecule has 110 valence electrons. The van der Waals surface area contributed by atoms with E-state index in [1.165, 1.54) is 6.07 Å². The van der Waals surface area contributed by atoms with Crippen LogP contribution in [0.3, 0.4) is 0 Å². The second-order valence-electron chi connectivity index (χ2n) is 4.63. The largest absolute Gasteiger partial charge is 0.494 e. The number of nitrogens with one attached hydrogen (secondary N) is 1. The summed E-state index contributed by atoms with van der Waals surface area (Å²) in [6, 6.07) is 13.8. The summed E-state index contributed by atoms with van der Waals surface area (Å²) in [7, 11) is 0. The van der Waals surface area contributed by atoms with Crippen molar-refractivity contribution in [1.29, 1.82) is 0 Å². The summed E-state index contributed by atoms with van der Waals surface area (Å²) in [6.07, 6.45) is 0.0395.